The average molecular weight is 407 g/mol. The van der Waals surface area contributed by atoms with Gasteiger partial charge in [0.05, 0.1) is 24.7 Å². The number of hydrogen-bond acceptors (Lipinski definition) is 8. The maximum atomic E-state index is 12.0. The van der Waals surface area contributed by atoms with Gasteiger partial charge in [0.2, 0.25) is 11.8 Å². The molecule has 9 heteroatoms. The van der Waals surface area contributed by atoms with Gasteiger partial charge < -0.3 is 24.1 Å². The molecule has 1 unspecified atom stereocenters. The summed E-state index contributed by atoms with van der Waals surface area (Å²) in [7, 11) is 1.60. The van der Waals surface area contributed by atoms with E-state index in [1.165, 1.54) is 11.8 Å². The highest BCUT2D eigenvalue weighted by Crippen LogP contribution is 2.29. The van der Waals surface area contributed by atoms with Crippen molar-refractivity contribution < 1.29 is 23.5 Å². The number of carbonyl (C=O) groups is 1. The second-order valence-electron chi connectivity index (χ2n) is 6.43. The first-order valence-electron chi connectivity index (χ1n) is 9.19. The first-order chi connectivity index (χ1) is 13.6. The molecule has 152 valence electrons. The van der Waals surface area contributed by atoms with E-state index in [1.807, 2.05) is 18.2 Å². The van der Waals surface area contributed by atoms with Crippen molar-refractivity contribution in [3.05, 3.63) is 35.5 Å². The van der Waals surface area contributed by atoms with Crippen molar-refractivity contribution in [2.24, 2.45) is 0 Å². The molecule has 2 heterocycles. The Morgan fingerprint density at radius 1 is 1.39 bits per heavy atom. The number of amides is 1. The van der Waals surface area contributed by atoms with Crippen molar-refractivity contribution in [3.63, 3.8) is 0 Å². The Morgan fingerprint density at radius 2 is 2.29 bits per heavy atom. The van der Waals surface area contributed by atoms with Gasteiger partial charge in [-0.3, -0.25) is 4.79 Å². The van der Waals surface area contributed by atoms with Crippen LogP contribution in [0.25, 0.3) is 0 Å². The van der Waals surface area contributed by atoms with Gasteiger partial charge >= 0.3 is 0 Å². The van der Waals surface area contributed by atoms with Crippen molar-refractivity contribution in [3.8, 4) is 11.5 Å². The van der Waals surface area contributed by atoms with Gasteiger partial charge in [0, 0.05) is 20.1 Å². The van der Waals surface area contributed by atoms with E-state index in [0.717, 1.165) is 25.0 Å². The summed E-state index contributed by atoms with van der Waals surface area (Å²) >= 11 is 1.44. The molecule has 1 aromatic heterocycles. The Hall–Kier alpha value is -2.26. The molecule has 1 amide bonds. The quantitative estimate of drug-likeness (QED) is 0.642. The van der Waals surface area contributed by atoms with E-state index in [4.69, 9.17) is 18.7 Å². The first-order valence-corrected chi connectivity index (χ1v) is 10.3. The SMILES string of the molecule is COc1cc(CNC(=O)CSCc2noc(C)n2)ccc1OCC1CCCO1. The van der Waals surface area contributed by atoms with Gasteiger partial charge in [-0.1, -0.05) is 11.2 Å². The number of thioether (sulfide) groups is 1. The van der Waals surface area contributed by atoms with Crippen LogP contribution in [-0.4, -0.2) is 48.2 Å². The second kappa shape index (κ2) is 10.3. The van der Waals surface area contributed by atoms with E-state index in [-0.39, 0.29) is 12.0 Å². The van der Waals surface area contributed by atoms with Crippen molar-refractivity contribution in [2.45, 2.75) is 38.2 Å². The van der Waals surface area contributed by atoms with Crippen LogP contribution in [0, 0.1) is 6.92 Å². The number of aromatic nitrogens is 2. The van der Waals surface area contributed by atoms with Crippen LogP contribution in [0.15, 0.2) is 22.7 Å². The number of methoxy groups -OCH3 is 1. The van der Waals surface area contributed by atoms with Crippen LogP contribution in [0.1, 0.15) is 30.1 Å². The normalized spacial score (nSPS) is 16.1. The van der Waals surface area contributed by atoms with E-state index in [2.05, 4.69) is 15.5 Å². The van der Waals surface area contributed by atoms with Crippen LogP contribution in [-0.2, 0) is 21.8 Å². The summed E-state index contributed by atoms with van der Waals surface area (Å²) in [4.78, 5) is 16.1. The monoisotopic (exact) mass is 407 g/mol. The third-order valence-electron chi connectivity index (χ3n) is 4.20. The molecule has 1 aliphatic heterocycles. The molecule has 3 rings (SSSR count). The molecule has 1 aromatic carbocycles. The number of nitrogens with one attached hydrogen (secondary N) is 1. The third-order valence-corrected chi connectivity index (χ3v) is 5.13. The molecule has 8 nitrogen and oxygen atoms in total. The second-order valence-corrected chi connectivity index (χ2v) is 7.42. The molecule has 0 radical (unpaired) electrons. The molecule has 2 aromatic rings. The lowest BCUT2D eigenvalue weighted by Crippen LogP contribution is -2.24. The van der Waals surface area contributed by atoms with E-state index in [0.29, 0.717) is 47.9 Å². The lowest BCUT2D eigenvalue weighted by atomic mass is 10.2. The van der Waals surface area contributed by atoms with Gasteiger partial charge in [-0.2, -0.15) is 4.98 Å². The fraction of sp³-hybridized carbons (Fsp3) is 0.526. The standard InChI is InChI=1S/C19H25N3O5S/c1-13-21-18(22-27-13)11-28-12-19(23)20-9-14-5-6-16(17(8-14)24-2)26-10-15-4-3-7-25-15/h5-6,8,15H,3-4,7,9-12H2,1-2H3,(H,20,23). The smallest absolute Gasteiger partial charge is 0.230 e. The minimum Gasteiger partial charge on any atom is -0.493 e. The zero-order valence-electron chi connectivity index (χ0n) is 16.1. The van der Waals surface area contributed by atoms with Crippen LogP contribution in [0.4, 0.5) is 0 Å². The molecule has 0 saturated carbocycles. The molecule has 1 fully saturated rings. The Labute approximate surface area is 168 Å². The molecule has 1 saturated heterocycles. The summed E-state index contributed by atoms with van der Waals surface area (Å²) in [5, 5.41) is 6.70. The Morgan fingerprint density at radius 3 is 3.00 bits per heavy atom. The molecule has 0 aliphatic carbocycles. The van der Waals surface area contributed by atoms with Crippen molar-refractivity contribution in [1.82, 2.24) is 15.5 Å². The van der Waals surface area contributed by atoms with Gasteiger partial charge in [-0.05, 0) is 30.5 Å². The number of benzene rings is 1. The highest BCUT2D eigenvalue weighted by Gasteiger charge is 2.17. The highest BCUT2D eigenvalue weighted by atomic mass is 32.2. The zero-order valence-corrected chi connectivity index (χ0v) is 16.9. The molecular formula is C19H25N3O5S. The maximum absolute atomic E-state index is 12.0. The zero-order chi connectivity index (χ0) is 19.8. The van der Waals surface area contributed by atoms with E-state index < -0.39 is 0 Å². The fourth-order valence-corrected chi connectivity index (χ4v) is 3.48. The van der Waals surface area contributed by atoms with Gasteiger partial charge in [-0.15, -0.1) is 11.8 Å². The minimum absolute atomic E-state index is 0.0529. The van der Waals surface area contributed by atoms with E-state index in [9.17, 15) is 4.79 Å². The average Bonchev–Trinajstić information content (AvgIpc) is 3.36. The van der Waals surface area contributed by atoms with Gasteiger partial charge in [0.15, 0.2) is 17.3 Å². The summed E-state index contributed by atoms with van der Waals surface area (Å²) in [6.45, 7) is 3.48. The van der Waals surface area contributed by atoms with Crippen molar-refractivity contribution in [1.29, 1.82) is 0 Å². The largest absolute Gasteiger partial charge is 0.493 e. The van der Waals surface area contributed by atoms with Crippen LogP contribution in [0.5, 0.6) is 11.5 Å². The van der Waals surface area contributed by atoms with Crippen LogP contribution in [0.2, 0.25) is 0 Å². The number of aryl methyl sites for hydroxylation is 1. The summed E-state index contributed by atoms with van der Waals surface area (Å²) in [5.74, 6) is 3.26. The van der Waals surface area contributed by atoms with Crippen LogP contribution >= 0.6 is 11.8 Å². The molecular weight excluding hydrogens is 382 g/mol. The molecule has 1 N–H and O–H groups in total. The molecule has 1 aliphatic rings. The van der Waals surface area contributed by atoms with Gasteiger partial charge in [-0.25, -0.2) is 0 Å². The number of nitrogens with zero attached hydrogens (tertiary/aromatic N) is 2. The van der Waals surface area contributed by atoms with Gasteiger partial charge in [0.25, 0.3) is 0 Å². The van der Waals surface area contributed by atoms with Gasteiger partial charge in [0.1, 0.15) is 6.61 Å². The summed E-state index contributed by atoms with van der Waals surface area (Å²) in [5.41, 5.74) is 0.938. The number of carbonyl (C=O) groups excluding carboxylic acids is 1. The lowest BCUT2D eigenvalue weighted by Gasteiger charge is -2.15. The van der Waals surface area contributed by atoms with Crippen LogP contribution < -0.4 is 14.8 Å². The summed E-state index contributed by atoms with van der Waals surface area (Å²) in [6, 6.07) is 5.66. The molecule has 28 heavy (non-hydrogen) atoms. The third kappa shape index (κ3) is 6.13. The number of rotatable bonds is 10. The topological polar surface area (TPSA) is 95.7 Å². The number of hydrogen-bond donors (Lipinski definition) is 1. The highest BCUT2D eigenvalue weighted by molar-refractivity contribution is 7.99. The Balaban J connectivity index is 1.42. The minimum atomic E-state index is -0.0529. The summed E-state index contributed by atoms with van der Waals surface area (Å²) in [6.07, 6.45) is 2.26. The predicted octanol–water partition coefficient (Wildman–Crippen LogP) is 2.49. The van der Waals surface area contributed by atoms with E-state index >= 15 is 0 Å². The summed E-state index contributed by atoms with van der Waals surface area (Å²) < 4.78 is 21.7. The molecule has 0 spiro atoms. The van der Waals surface area contributed by atoms with Crippen molar-refractivity contribution in [2.75, 3.05) is 26.1 Å². The molecule has 1 atom stereocenters. The molecule has 0 bridgehead atoms. The van der Waals surface area contributed by atoms with E-state index in [1.54, 1.807) is 14.0 Å². The Kier molecular flexibility index (Phi) is 7.55. The fourth-order valence-electron chi connectivity index (χ4n) is 2.79. The first kappa shape index (κ1) is 20.5. The lowest BCUT2D eigenvalue weighted by molar-refractivity contribution is -0.118. The predicted molar refractivity (Wildman–Crippen MR) is 105 cm³/mol. The Bertz CT molecular complexity index is 777. The van der Waals surface area contributed by atoms with Crippen molar-refractivity contribution >= 4 is 17.7 Å². The van der Waals surface area contributed by atoms with Crippen LogP contribution in [0.3, 0.4) is 0 Å². The number of ether oxygens (including phenoxy) is 3. The maximum Gasteiger partial charge on any atom is 0.230 e.